The summed E-state index contributed by atoms with van der Waals surface area (Å²) in [6, 6.07) is 10.3. The van der Waals surface area contributed by atoms with Gasteiger partial charge in [-0.15, -0.1) is 0 Å². The predicted molar refractivity (Wildman–Crippen MR) is 105 cm³/mol. The molecule has 4 rings (SSSR count). The number of nitrogens with one attached hydrogen (secondary N) is 1. The van der Waals surface area contributed by atoms with Gasteiger partial charge in [-0.3, -0.25) is 0 Å². The number of methoxy groups -OCH3 is 1. The fourth-order valence-electron chi connectivity index (χ4n) is 3.90. The van der Waals surface area contributed by atoms with E-state index in [-0.39, 0.29) is 0 Å². The lowest BCUT2D eigenvalue weighted by Crippen LogP contribution is -2.24. The molecule has 2 aliphatic heterocycles. The third-order valence-electron chi connectivity index (χ3n) is 5.33. The Kier molecular flexibility index (Phi) is 5.09. The Bertz CT molecular complexity index is 732. The third-order valence-corrected chi connectivity index (χ3v) is 5.33. The van der Waals surface area contributed by atoms with Crippen LogP contribution in [0.2, 0.25) is 0 Å². The molecule has 0 unspecified atom stereocenters. The molecule has 3 heterocycles. The van der Waals surface area contributed by atoms with E-state index in [4.69, 9.17) is 9.72 Å². The Labute approximate surface area is 155 Å². The molecule has 0 bridgehead atoms. The van der Waals surface area contributed by atoms with Crippen molar-refractivity contribution < 1.29 is 4.74 Å². The molecule has 0 saturated carbocycles. The second kappa shape index (κ2) is 7.81. The smallest absolute Gasteiger partial charge is 0.224 e. The number of anilines is 3. The number of benzene rings is 1. The number of hydrogen-bond acceptors (Lipinski definition) is 6. The minimum atomic E-state index is 0.582. The summed E-state index contributed by atoms with van der Waals surface area (Å²) in [6.07, 6.45) is 5.54. The second-order valence-corrected chi connectivity index (χ2v) is 7.09. The molecule has 6 heteroatoms. The summed E-state index contributed by atoms with van der Waals surface area (Å²) in [4.78, 5) is 13.8. The summed E-state index contributed by atoms with van der Waals surface area (Å²) < 4.78 is 5.50. The first-order chi connectivity index (χ1) is 12.8. The fourth-order valence-corrected chi connectivity index (χ4v) is 3.90. The van der Waals surface area contributed by atoms with E-state index < -0.39 is 0 Å². The quantitative estimate of drug-likeness (QED) is 0.861. The molecule has 0 radical (unpaired) electrons. The lowest BCUT2D eigenvalue weighted by atomic mass is 10.1. The fraction of sp³-hybridized carbons (Fsp3) is 0.500. The van der Waals surface area contributed by atoms with Gasteiger partial charge in [0, 0.05) is 38.9 Å². The molecule has 26 heavy (non-hydrogen) atoms. The first-order valence-electron chi connectivity index (χ1n) is 9.53. The zero-order valence-electron chi connectivity index (χ0n) is 15.4. The molecule has 1 aromatic carbocycles. The highest BCUT2D eigenvalue weighted by atomic mass is 16.5. The van der Waals surface area contributed by atoms with E-state index in [9.17, 15) is 0 Å². The maximum absolute atomic E-state index is 5.50. The monoisotopic (exact) mass is 353 g/mol. The van der Waals surface area contributed by atoms with Crippen molar-refractivity contribution in [2.45, 2.75) is 19.3 Å². The molecule has 1 aromatic heterocycles. The van der Waals surface area contributed by atoms with Gasteiger partial charge in [0.25, 0.3) is 0 Å². The van der Waals surface area contributed by atoms with E-state index >= 15 is 0 Å². The zero-order valence-corrected chi connectivity index (χ0v) is 15.4. The highest BCUT2D eigenvalue weighted by Crippen LogP contribution is 2.32. The number of nitrogens with zero attached hydrogens (tertiary/aromatic N) is 4. The van der Waals surface area contributed by atoms with Crippen molar-refractivity contribution >= 4 is 17.5 Å². The maximum atomic E-state index is 5.50. The minimum absolute atomic E-state index is 0.582. The SMILES string of the molecule is COc1ccccc1N1CC[C@@H](CNc2nccc(N3CCCC3)n2)C1. The van der Waals surface area contributed by atoms with Gasteiger partial charge in [0.2, 0.25) is 5.95 Å². The largest absolute Gasteiger partial charge is 0.495 e. The van der Waals surface area contributed by atoms with Crippen molar-refractivity contribution in [3.8, 4) is 5.75 Å². The molecule has 0 amide bonds. The Morgan fingerprint density at radius 1 is 1.12 bits per heavy atom. The lowest BCUT2D eigenvalue weighted by molar-refractivity contribution is 0.414. The average Bonchev–Trinajstić information content (AvgIpc) is 3.39. The van der Waals surface area contributed by atoms with E-state index in [2.05, 4.69) is 32.2 Å². The highest BCUT2D eigenvalue weighted by molar-refractivity contribution is 5.59. The predicted octanol–water partition coefficient (Wildman–Crippen LogP) is 3.02. The van der Waals surface area contributed by atoms with Gasteiger partial charge in [0.15, 0.2) is 0 Å². The van der Waals surface area contributed by atoms with Crippen LogP contribution in [0, 0.1) is 5.92 Å². The second-order valence-electron chi connectivity index (χ2n) is 7.09. The Morgan fingerprint density at radius 3 is 2.81 bits per heavy atom. The van der Waals surface area contributed by atoms with Crippen LogP contribution in [-0.2, 0) is 0 Å². The summed E-state index contributed by atoms with van der Waals surface area (Å²) in [6.45, 7) is 5.19. The number of rotatable bonds is 6. The van der Waals surface area contributed by atoms with Gasteiger partial charge in [-0.2, -0.15) is 4.98 Å². The average molecular weight is 353 g/mol. The third kappa shape index (κ3) is 3.69. The van der Waals surface area contributed by atoms with E-state index in [0.717, 1.165) is 56.7 Å². The first-order valence-corrected chi connectivity index (χ1v) is 9.53. The molecule has 0 aliphatic carbocycles. The number of aromatic nitrogens is 2. The summed E-state index contributed by atoms with van der Waals surface area (Å²) in [5.41, 5.74) is 1.18. The van der Waals surface area contributed by atoms with Crippen LogP contribution in [0.5, 0.6) is 5.75 Å². The lowest BCUT2D eigenvalue weighted by Gasteiger charge is -2.21. The summed E-state index contributed by atoms with van der Waals surface area (Å²) in [5, 5.41) is 3.44. The first kappa shape index (κ1) is 16.9. The van der Waals surface area contributed by atoms with Crippen LogP contribution in [-0.4, -0.2) is 49.8 Å². The summed E-state index contributed by atoms with van der Waals surface area (Å²) >= 11 is 0. The van der Waals surface area contributed by atoms with Crippen LogP contribution in [0.15, 0.2) is 36.5 Å². The molecule has 2 saturated heterocycles. The van der Waals surface area contributed by atoms with E-state index in [0.29, 0.717) is 5.92 Å². The van der Waals surface area contributed by atoms with Gasteiger partial charge in [-0.05, 0) is 43.4 Å². The molecule has 138 valence electrons. The van der Waals surface area contributed by atoms with E-state index in [1.165, 1.54) is 18.5 Å². The van der Waals surface area contributed by atoms with Gasteiger partial charge >= 0.3 is 0 Å². The molecule has 2 aromatic rings. The van der Waals surface area contributed by atoms with E-state index in [1.807, 2.05) is 24.4 Å². The van der Waals surface area contributed by atoms with Crippen LogP contribution in [0.1, 0.15) is 19.3 Å². The standard InChI is InChI=1S/C20H27N5O/c1-26-18-7-3-2-6-17(18)25-13-9-16(15-25)14-22-20-21-10-8-19(23-20)24-11-4-5-12-24/h2-3,6-8,10,16H,4-5,9,11-15H2,1H3,(H,21,22,23)/t16-/m0/s1. The molecule has 2 fully saturated rings. The molecule has 1 N–H and O–H groups in total. The van der Waals surface area contributed by atoms with Gasteiger partial charge in [0.1, 0.15) is 11.6 Å². The zero-order chi connectivity index (χ0) is 17.8. The van der Waals surface area contributed by atoms with Gasteiger partial charge in [-0.1, -0.05) is 12.1 Å². The van der Waals surface area contributed by atoms with Crippen LogP contribution < -0.4 is 19.9 Å². The van der Waals surface area contributed by atoms with Crippen molar-refractivity contribution in [3.05, 3.63) is 36.5 Å². The maximum Gasteiger partial charge on any atom is 0.224 e. The highest BCUT2D eigenvalue weighted by Gasteiger charge is 2.24. The molecule has 2 aliphatic rings. The van der Waals surface area contributed by atoms with Crippen molar-refractivity contribution in [1.29, 1.82) is 0 Å². The molecular formula is C20H27N5O. The van der Waals surface area contributed by atoms with Crippen molar-refractivity contribution in [3.63, 3.8) is 0 Å². The van der Waals surface area contributed by atoms with Crippen LogP contribution in [0.25, 0.3) is 0 Å². The van der Waals surface area contributed by atoms with Crippen LogP contribution in [0.4, 0.5) is 17.5 Å². The van der Waals surface area contributed by atoms with E-state index in [1.54, 1.807) is 7.11 Å². The molecule has 0 spiro atoms. The minimum Gasteiger partial charge on any atom is -0.495 e. The van der Waals surface area contributed by atoms with Crippen molar-refractivity contribution in [2.75, 3.05) is 55.0 Å². The number of para-hydroxylation sites is 2. The number of hydrogen-bond donors (Lipinski definition) is 1. The Balaban J connectivity index is 1.34. The number of ether oxygens (including phenoxy) is 1. The normalized spacial score (nSPS) is 19.8. The molecule has 1 atom stereocenters. The van der Waals surface area contributed by atoms with Crippen molar-refractivity contribution in [2.24, 2.45) is 5.92 Å². The Morgan fingerprint density at radius 2 is 1.96 bits per heavy atom. The summed E-state index contributed by atoms with van der Waals surface area (Å²) in [7, 11) is 1.73. The topological polar surface area (TPSA) is 53.5 Å². The molecular weight excluding hydrogens is 326 g/mol. The van der Waals surface area contributed by atoms with Gasteiger partial charge in [0.05, 0.1) is 12.8 Å². The van der Waals surface area contributed by atoms with Crippen LogP contribution >= 0.6 is 0 Å². The summed E-state index contributed by atoms with van der Waals surface area (Å²) in [5.74, 6) is 3.31. The molecule has 6 nitrogen and oxygen atoms in total. The van der Waals surface area contributed by atoms with Crippen LogP contribution in [0.3, 0.4) is 0 Å². The Hall–Kier alpha value is -2.50. The van der Waals surface area contributed by atoms with Gasteiger partial charge < -0.3 is 19.9 Å². The van der Waals surface area contributed by atoms with Gasteiger partial charge in [-0.25, -0.2) is 4.98 Å². The van der Waals surface area contributed by atoms with Crippen molar-refractivity contribution in [1.82, 2.24) is 9.97 Å².